The lowest BCUT2D eigenvalue weighted by Gasteiger charge is -2.36. The first-order valence-electron chi connectivity index (χ1n) is 11.0. The zero-order valence-corrected chi connectivity index (χ0v) is 19.0. The Hall–Kier alpha value is -2.13. The number of carbonyl (C=O) groups is 1. The zero-order chi connectivity index (χ0) is 22.9. The van der Waals surface area contributed by atoms with E-state index in [1.54, 1.807) is 30.3 Å². The number of halogens is 3. The second-order valence-electron chi connectivity index (χ2n) is 8.88. The summed E-state index contributed by atoms with van der Waals surface area (Å²) in [5.74, 6) is -2.37. The van der Waals surface area contributed by atoms with Gasteiger partial charge in [0.25, 0.3) is 0 Å². The summed E-state index contributed by atoms with van der Waals surface area (Å²) in [5.41, 5.74) is -0.526. The zero-order valence-electron chi connectivity index (χ0n) is 17.5. The van der Waals surface area contributed by atoms with Crippen molar-refractivity contribution in [3.63, 3.8) is 0 Å². The van der Waals surface area contributed by atoms with E-state index in [1.165, 1.54) is 18.6 Å². The van der Waals surface area contributed by atoms with E-state index in [4.69, 9.17) is 23.2 Å². The molecule has 0 amide bonds. The molecule has 4 rings (SSSR count). The third-order valence-corrected chi connectivity index (χ3v) is 7.68. The van der Waals surface area contributed by atoms with Gasteiger partial charge in [0, 0.05) is 17.0 Å². The van der Waals surface area contributed by atoms with Gasteiger partial charge in [-0.1, -0.05) is 79.6 Å². The number of carboxylic acid groups (broad SMARTS) is 1. The van der Waals surface area contributed by atoms with Crippen LogP contribution in [0.15, 0.2) is 42.5 Å². The number of benzene rings is 2. The number of nitrogens with zero attached hydrogens (tertiary/aromatic N) is 1. The maximum atomic E-state index is 15.3. The number of nitrogens with one attached hydrogen (secondary N) is 1. The Morgan fingerprint density at radius 2 is 1.84 bits per heavy atom. The van der Waals surface area contributed by atoms with Crippen LogP contribution < -0.4 is 5.32 Å². The molecule has 1 saturated carbocycles. The maximum Gasteiger partial charge on any atom is 0.321 e. The molecule has 2 aliphatic rings. The molecule has 1 aliphatic carbocycles. The maximum absolute atomic E-state index is 15.3. The summed E-state index contributed by atoms with van der Waals surface area (Å²) in [7, 11) is 0. The molecule has 2 N–H and O–H groups in total. The molecule has 168 valence electrons. The quantitative estimate of drug-likeness (QED) is 0.550. The number of aliphatic carboxylic acids is 1. The fourth-order valence-electron chi connectivity index (χ4n) is 5.65. The Balaban J connectivity index is 1.90. The van der Waals surface area contributed by atoms with Crippen molar-refractivity contribution in [2.24, 2.45) is 5.92 Å². The van der Waals surface area contributed by atoms with Crippen LogP contribution in [-0.4, -0.2) is 23.2 Å². The largest absolute Gasteiger partial charge is 0.480 e. The molecule has 2 aromatic rings. The van der Waals surface area contributed by atoms with Crippen LogP contribution in [0.4, 0.5) is 4.39 Å². The highest BCUT2D eigenvalue weighted by molar-refractivity contribution is 6.31. The highest BCUT2D eigenvalue weighted by atomic mass is 35.5. The molecule has 4 nitrogen and oxygen atoms in total. The topological polar surface area (TPSA) is 73.1 Å². The second kappa shape index (κ2) is 9.39. The van der Waals surface area contributed by atoms with Crippen molar-refractivity contribution in [2.45, 2.75) is 61.9 Å². The molecular weight excluding hydrogens is 450 g/mol. The predicted molar refractivity (Wildman–Crippen MR) is 122 cm³/mol. The molecule has 4 atom stereocenters. The minimum atomic E-state index is -1.30. The third kappa shape index (κ3) is 4.01. The summed E-state index contributed by atoms with van der Waals surface area (Å²) in [4.78, 5) is 12.4. The average molecular weight is 475 g/mol. The van der Waals surface area contributed by atoms with E-state index in [0.717, 1.165) is 25.7 Å². The number of hydrogen-bond donors (Lipinski definition) is 2. The number of nitriles is 1. The van der Waals surface area contributed by atoms with Crippen LogP contribution in [-0.2, 0) is 10.2 Å². The van der Waals surface area contributed by atoms with Crippen LogP contribution in [0.3, 0.4) is 0 Å². The molecule has 0 bridgehead atoms. The van der Waals surface area contributed by atoms with Crippen molar-refractivity contribution in [1.29, 1.82) is 5.26 Å². The van der Waals surface area contributed by atoms with E-state index < -0.39 is 35.2 Å². The average Bonchev–Trinajstić information content (AvgIpc) is 3.12. The van der Waals surface area contributed by atoms with Crippen molar-refractivity contribution in [2.75, 3.05) is 0 Å². The highest BCUT2D eigenvalue weighted by Gasteiger charge is 2.60. The summed E-state index contributed by atoms with van der Waals surface area (Å²) in [6, 6.07) is 12.3. The van der Waals surface area contributed by atoms with Crippen LogP contribution in [0.5, 0.6) is 0 Å². The van der Waals surface area contributed by atoms with Crippen molar-refractivity contribution in [1.82, 2.24) is 5.32 Å². The van der Waals surface area contributed by atoms with E-state index >= 15 is 4.39 Å². The van der Waals surface area contributed by atoms with Gasteiger partial charge in [0.15, 0.2) is 0 Å². The Morgan fingerprint density at radius 3 is 2.47 bits per heavy atom. The van der Waals surface area contributed by atoms with Gasteiger partial charge in [-0.05, 0) is 41.7 Å². The number of hydrogen-bond acceptors (Lipinski definition) is 3. The molecule has 0 unspecified atom stereocenters. The first kappa shape index (κ1) is 23.0. The van der Waals surface area contributed by atoms with Gasteiger partial charge < -0.3 is 5.11 Å². The molecule has 0 aromatic heterocycles. The van der Waals surface area contributed by atoms with E-state index in [9.17, 15) is 15.2 Å². The summed E-state index contributed by atoms with van der Waals surface area (Å²) in [6.07, 6.45) is 6.21. The fraction of sp³-hybridized carbons (Fsp3) is 0.440. The Kier molecular flexibility index (Phi) is 6.76. The molecule has 2 aromatic carbocycles. The minimum absolute atomic E-state index is 0.0923. The van der Waals surface area contributed by atoms with Crippen LogP contribution in [0.1, 0.15) is 55.6 Å². The lowest BCUT2D eigenvalue weighted by molar-refractivity contribution is -0.139. The van der Waals surface area contributed by atoms with Crippen molar-refractivity contribution in [3.05, 3.63) is 69.5 Å². The normalized spacial score (nSPS) is 28.4. The number of carboxylic acids is 1. The summed E-state index contributed by atoms with van der Waals surface area (Å²) in [6.45, 7) is 0. The van der Waals surface area contributed by atoms with Gasteiger partial charge in [0.2, 0.25) is 0 Å². The van der Waals surface area contributed by atoms with Gasteiger partial charge >= 0.3 is 5.97 Å². The van der Waals surface area contributed by atoms with Crippen LogP contribution in [0.2, 0.25) is 10.0 Å². The van der Waals surface area contributed by atoms with Crippen LogP contribution >= 0.6 is 23.2 Å². The number of rotatable bonds is 5. The lowest BCUT2D eigenvalue weighted by Crippen LogP contribution is -2.43. The van der Waals surface area contributed by atoms with E-state index in [0.29, 0.717) is 22.9 Å². The van der Waals surface area contributed by atoms with E-state index in [-0.39, 0.29) is 10.6 Å². The molecule has 0 radical (unpaired) electrons. The van der Waals surface area contributed by atoms with Gasteiger partial charge in [-0.2, -0.15) is 5.26 Å². The molecule has 2 fully saturated rings. The van der Waals surface area contributed by atoms with Gasteiger partial charge in [0.05, 0.1) is 11.1 Å². The van der Waals surface area contributed by atoms with Crippen LogP contribution in [0.25, 0.3) is 0 Å². The molecule has 1 aliphatic heterocycles. The Morgan fingerprint density at radius 1 is 1.16 bits per heavy atom. The highest BCUT2D eigenvalue weighted by Crippen LogP contribution is 2.51. The predicted octanol–water partition coefficient (Wildman–Crippen LogP) is 6.07. The van der Waals surface area contributed by atoms with Crippen LogP contribution in [0, 0.1) is 23.1 Å². The van der Waals surface area contributed by atoms with Crippen molar-refractivity contribution in [3.8, 4) is 6.07 Å². The van der Waals surface area contributed by atoms with Crippen molar-refractivity contribution < 1.29 is 14.3 Å². The first-order chi connectivity index (χ1) is 15.4. The molecule has 1 heterocycles. The molecule has 0 spiro atoms. The summed E-state index contributed by atoms with van der Waals surface area (Å²) >= 11 is 12.2. The second-order valence-corrected chi connectivity index (χ2v) is 9.73. The Labute approximate surface area is 197 Å². The third-order valence-electron chi connectivity index (χ3n) is 7.14. The van der Waals surface area contributed by atoms with E-state index in [2.05, 4.69) is 11.4 Å². The van der Waals surface area contributed by atoms with E-state index in [1.807, 2.05) is 0 Å². The van der Waals surface area contributed by atoms with Gasteiger partial charge in [0.1, 0.15) is 17.3 Å². The van der Waals surface area contributed by atoms with Gasteiger partial charge in [-0.25, -0.2) is 4.39 Å². The molecular formula is C25H25Cl2FN2O2. The molecule has 32 heavy (non-hydrogen) atoms. The fourth-order valence-corrected chi connectivity index (χ4v) is 5.96. The Bertz CT molecular complexity index is 1030. The standard InChI is InChI=1S/C25H25Cl2FN2O2/c26-17-11-9-16(10-12-17)25(14-29)20(13-15-5-2-1-3-6-15)30-23(24(31)32)21(25)18-7-4-8-19(27)22(18)28/h4,7-12,15,20-21,23,30H,1-3,5-6,13H2,(H,31,32)/t20-,21-,23+,25-/m0/s1. The minimum Gasteiger partial charge on any atom is -0.480 e. The monoisotopic (exact) mass is 474 g/mol. The summed E-state index contributed by atoms with van der Waals surface area (Å²) in [5, 5.41) is 24.4. The molecule has 1 saturated heterocycles. The van der Waals surface area contributed by atoms with Gasteiger partial charge in [-0.3, -0.25) is 10.1 Å². The lowest BCUT2D eigenvalue weighted by atomic mass is 9.63. The SMILES string of the molecule is N#C[C@]1(c2ccc(Cl)cc2)[C@H](CC2CCCCC2)N[C@@H](C(=O)O)[C@@H]1c1cccc(Cl)c1F. The smallest absolute Gasteiger partial charge is 0.321 e. The first-order valence-corrected chi connectivity index (χ1v) is 11.7. The van der Waals surface area contributed by atoms with Gasteiger partial charge in [-0.15, -0.1) is 0 Å². The summed E-state index contributed by atoms with van der Waals surface area (Å²) < 4.78 is 15.3. The molecule has 7 heteroatoms. The van der Waals surface area contributed by atoms with Crippen molar-refractivity contribution >= 4 is 29.2 Å².